The standard InChI is InChI=1S/C24H29N3O4S2/c1-17-13-18(2)15-19(14-17)25-23(28)9-12-27-21-8-7-20(16-22(21)32-24(27)29)33(30,31)26-10-5-3-4-6-11-26/h7-8,13-16H,3-6,9-12H2,1-2H3,(H,25,28). The lowest BCUT2D eigenvalue weighted by molar-refractivity contribution is -0.116. The molecule has 33 heavy (non-hydrogen) atoms. The van der Waals surface area contributed by atoms with Gasteiger partial charge in [-0.05, 0) is 68.1 Å². The zero-order valence-corrected chi connectivity index (χ0v) is 20.6. The summed E-state index contributed by atoms with van der Waals surface area (Å²) in [6.45, 7) is 5.25. The predicted molar refractivity (Wildman–Crippen MR) is 132 cm³/mol. The van der Waals surface area contributed by atoms with E-state index in [0.29, 0.717) is 23.3 Å². The Bertz CT molecular complexity index is 1310. The highest BCUT2D eigenvalue weighted by Crippen LogP contribution is 2.26. The highest BCUT2D eigenvalue weighted by molar-refractivity contribution is 7.89. The number of amides is 1. The summed E-state index contributed by atoms with van der Waals surface area (Å²) in [5, 5.41) is 2.89. The second kappa shape index (κ2) is 9.79. The molecule has 0 atom stereocenters. The van der Waals surface area contributed by atoms with Crippen LogP contribution >= 0.6 is 11.3 Å². The molecule has 1 saturated heterocycles. The number of carbonyl (C=O) groups is 1. The number of fused-ring (bicyclic) bond motifs is 1. The Morgan fingerprint density at radius 1 is 1.00 bits per heavy atom. The number of aryl methyl sites for hydroxylation is 3. The number of nitrogens with zero attached hydrogens (tertiary/aromatic N) is 2. The lowest BCUT2D eigenvalue weighted by atomic mass is 10.1. The Morgan fingerprint density at radius 3 is 2.33 bits per heavy atom. The Labute approximate surface area is 198 Å². The van der Waals surface area contributed by atoms with Crippen LogP contribution in [0.1, 0.15) is 43.2 Å². The number of nitrogens with one attached hydrogen (secondary N) is 1. The molecule has 0 aliphatic carbocycles. The van der Waals surface area contributed by atoms with E-state index in [0.717, 1.165) is 53.8 Å². The van der Waals surface area contributed by atoms with Gasteiger partial charge in [0.05, 0.1) is 15.1 Å². The molecule has 4 rings (SSSR count). The van der Waals surface area contributed by atoms with Gasteiger partial charge in [0.2, 0.25) is 15.9 Å². The third-order valence-corrected chi connectivity index (χ3v) is 8.75. The van der Waals surface area contributed by atoms with Crippen molar-refractivity contribution in [1.82, 2.24) is 8.87 Å². The van der Waals surface area contributed by atoms with Gasteiger partial charge in [-0.25, -0.2) is 8.42 Å². The van der Waals surface area contributed by atoms with E-state index in [-0.39, 0.29) is 28.6 Å². The molecule has 2 aromatic carbocycles. The van der Waals surface area contributed by atoms with Crippen molar-refractivity contribution < 1.29 is 13.2 Å². The van der Waals surface area contributed by atoms with Gasteiger partial charge in [-0.1, -0.05) is 30.2 Å². The molecule has 3 aromatic rings. The first kappa shape index (κ1) is 23.7. The molecule has 0 saturated carbocycles. The van der Waals surface area contributed by atoms with E-state index >= 15 is 0 Å². The van der Waals surface area contributed by atoms with Crippen molar-refractivity contribution in [3.63, 3.8) is 0 Å². The van der Waals surface area contributed by atoms with Crippen LogP contribution in [-0.4, -0.2) is 36.3 Å². The third kappa shape index (κ3) is 5.37. The van der Waals surface area contributed by atoms with Gasteiger partial charge in [-0.2, -0.15) is 4.31 Å². The highest BCUT2D eigenvalue weighted by Gasteiger charge is 2.26. The summed E-state index contributed by atoms with van der Waals surface area (Å²) in [5.74, 6) is -0.174. The van der Waals surface area contributed by atoms with E-state index < -0.39 is 10.0 Å². The van der Waals surface area contributed by atoms with Crippen molar-refractivity contribution in [2.75, 3.05) is 18.4 Å². The summed E-state index contributed by atoms with van der Waals surface area (Å²) in [4.78, 5) is 25.1. The first-order chi connectivity index (χ1) is 15.7. The minimum atomic E-state index is -3.58. The second-order valence-electron chi connectivity index (χ2n) is 8.64. The number of thiazole rings is 1. The number of aromatic nitrogens is 1. The first-order valence-electron chi connectivity index (χ1n) is 11.3. The quantitative estimate of drug-likeness (QED) is 0.562. The van der Waals surface area contributed by atoms with Crippen molar-refractivity contribution >= 4 is 43.2 Å². The molecule has 7 nitrogen and oxygen atoms in total. The minimum absolute atomic E-state index is 0.145. The number of anilines is 1. The fourth-order valence-electron chi connectivity index (χ4n) is 4.33. The van der Waals surface area contributed by atoms with Crippen LogP contribution in [0.5, 0.6) is 0 Å². The summed E-state index contributed by atoms with van der Waals surface area (Å²) in [6, 6.07) is 10.7. The summed E-state index contributed by atoms with van der Waals surface area (Å²) in [7, 11) is -3.58. The minimum Gasteiger partial charge on any atom is -0.326 e. The molecule has 9 heteroatoms. The van der Waals surface area contributed by atoms with Gasteiger partial charge in [-0.15, -0.1) is 0 Å². The predicted octanol–water partition coefficient (Wildman–Crippen LogP) is 4.27. The maximum atomic E-state index is 13.1. The van der Waals surface area contributed by atoms with Crippen LogP contribution in [0.15, 0.2) is 46.1 Å². The van der Waals surface area contributed by atoms with Gasteiger partial charge in [0.1, 0.15) is 0 Å². The van der Waals surface area contributed by atoms with E-state index in [1.54, 1.807) is 27.1 Å². The molecule has 0 radical (unpaired) electrons. The number of sulfonamides is 1. The van der Waals surface area contributed by atoms with Gasteiger partial charge in [0.15, 0.2) is 0 Å². The van der Waals surface area contributed by atoms with Crippen molar-refractivity contribution in [1.29, 1.82) is 0 Å². The molecular weight excluding hydrogens is 458 g/mol. The molecule has 1 aliphatic rings. The summed E-state index contributed by atoms with van der Waals surface area (Å²) >= 11 is 1.01. The topological polar surface area (TPSA) is 88.5 Å². The zero-order chi connectivity index (χ0) is 23.6. The van der Waals surface area contributed by atoms with E-state index in [1.807, 2.05) is 32.0 Å². The Balaban J connectivity index is 1.50. The van der Waals surface area contributed by atoms with Gasteiger partial charge in [0, 0.05) is 31.7 Å². The van der Waals surface area contributed by atoms with Crippen LogP contribution < -0.4 is 10.2 Å². The van der Waals surface area contributed by atoms with Gasteiger partial charge < -0.3 is 5.32 Å². The Kier molecular flexibility index (Phi) is 7.02. The largest absolute Gasteiger partial charge is 0.326 e. The van der Waals surface area contributed by atoms with Gasteiger partial charge in [-0.3, -0.25) is 14.2 Å². The molecule has 1 aliphatic heterocycles. The second-order valence-corrected chi connectivity index (χ2v) is 11.6. The lowest BCUT2D eigenvalue weighted by Crippen LogP contribution is -2.31. The zero-order valence-electron chi connectivity index (χ0n) is 19.0. The van der Waals surface area contributed by atoms with Crippen LogP contribution in [-0.2, 0) is 21.4 Å². The smallest absolute Gasteiger partial charge is 0.308 e. The fraction of sp³-hybridized carbons (Fsp3) is 0.417. The molecule has 2 heterocycles. The van der Waals surface area contributed by atoms with E-state index in [4.69, 9.17) is 0 Å². The summed E-state index contributed by atoms with van der Waals surface area (Å²) in [6.07, 6.45) is 3.98. The number of rotatable bonds is 6. The maximum Gasteiger partial charge on any atom is 0.308 e. The maximum absolute atomic E-state index is 13.1. The van der Waals surface area contributed by atoms with Crippen molar-refractivity contribution in [2.45, 2.75) is 57.4 Å². The Hall–Kier alpha value is -2.49. The number of hydrogen-bond acceptors (Lipinski definition) is 5. The lowest BCUT2D eigenvalue weighted by Gasteiger charge is -2.19. The molecule has 0 spiro atoms. The van der Waals surface area contributed by atoms with Crippen molar-refractivity contribution in [3.8, 4) is 0 Å². The molecule has 1 amide bonds. The van der Waals surface area contributed by atoms with Crippen LogP contribution in [0, 0.1) is 13.8 Å². The number of hydrogen-bond donors (Lipinski definition) is 1. The third-order valence-electron chi connectivity index (χ3n) is 5.91. The molecule has 1 aromatic heterocycles. The summed E-state index contributed by atoms with van der Waals surface area (Å²) < 4.78 is 29.9. The van der Waals surface area contributed by atoms with E-state index in [1.165, 1.54) is 0 Å². The molecule has 1 fully saturated rings. The van der Waals surface area contributed by atoms with Gasteiger partial charge in [0.25, 0.3) is 0 Å². The molecule has 0 bridgehead atoms. The van der Waals surface area contributed by atoms with Crippen LogP contribution in [0.2, 0.25) is 0 Å². The van der Waals surface area contributed by atoms with E-state index in [2.05, 4.69) is 5.32 Å². The van der Waals surface area contributed by atoms with Gasteiger partial charge >= 0.3 is 4.87 Å². The number of carbonyl (C=O) groups excluding carboxylic acids is 1. The average Bonchev–Trinajstić information content (AvgIpc) is 2.91. The first-order valence-corrected chi connectivity index (χ1v) is 13.5. The normalized spacial score (nSPS) is 15.5. The highest BCUT2D eigenvalue weighted by atomic mass is 32.2. The molecule has 176 valence electrons. The fourth-order valence-corrected chi connectivity index (χ4v) is 6.91. The van der Waals surface area contributed by atoms with Crippen molar-refractivity contribution in [2.24, 2.45) is 0 Å². The average molecular weight is 488 g/mol. The molecule has 1 N–H and O–H groups in total. The summed E-state index contributed by atoms with van der Waals surface area (Å²) in [5.41, 5.74) is 3.52. The monoisotopic (exact) mass is 487 g/mol. The molecular formula is C24H29N3O4S2. The van der Waals surface area contributed by atoms with Crippen LogP contribution in [0.3, 0.4) is 0 Å². The molecule has 0 unspecified atom stereocenters. The number of benzene rings is 2. The van der Waals surface area contributed by atoms with Crippen molar-refractivity contribution in [3.05, 3.63) is 57.2 Å². The van der Waals surface area contributed by atoms with Crippen LogP contribution in [0.25, 0.3) is 10.2 Å². The SMILES string of the molecule is Cc1cc(C)cc(NC(=O)CCn2c(=O)sc3cc(S(=O)(=O)N4CCCCCC4)ccc32)c1. The van der Waals surface area contributed by atoms with Crippen LogP contribution in [0.4, 0.5) is 5.69 Å². The Morgan fingerprint density at radius 2 is 1.67 bits per heavy atom. The van der Waals surface area contributed by atoms with E-state index in [9.17, 15) is 18.0 Å².